The van der Waals surface area contributed by atoms with E-state index in [1.54, 1.807) is 7.11 Å². The molecule has 0 unspecified atom stereocenters. The predicted molar refractivity (Wildman–Crippen MR) is 114 cm³/mol. The van der Waals surface area contributed by atoms with Gasteiger partial charge in [0.05, 0.1) is 31.1 Å². The van der Waals surface area contributed by atoms with Crippen molar-refractivity contribution in [2.24, 2.45) is 0 Å². The molecule has 30 heavy (non-hydrogen) atoms. The molecule has 6 nitrogen and oxygen atoms in total. The van der Waals surface area contributed by atoms with Gasteiger partial charge < -0.3 is 24.4 Å². The topological polar surface area (TPSA) is 76.8 Å². The van der Waals surface area contributed by atoms with E-state index in [9.17, 15) is 5.11 Å². The Morgan fingerprint density at radius 2 is 1.90 bits per heavy atom. The van der Waals surface area contributed by atoms with E-state index in [-0.39, 0.29) is 12.2 Å². The van der Waals surface area contributed by atoms with Crippen LogP contribution in [0, 0.1) is 0 Å². The molecule has 2 aromatic carbocycles. The molecule has 1 fully saturated rings. The molecule has 0 aliphatic carbocycles. The van der Waals surface area contributed by atoms with Crippen LogP contribution in [-0.2, 0) is 17.7 Å². The molecule has 1 aliphatic rings. The monoisotopic (exact) mass is 408 g/mol. The lowest BCUT2D eigenvalue weighted by atomic mass is 9.98. The zero-order valence-electron chi connectivity index (χ0n) is 17.2. The van der Waals surface area contributed by atoms with Crippen molar-refractivity contribution < 1.29 is 19.1 Å². The van der Waals surface area contributed by atoms with E-state index < -0.39 is 6.10 Å². The number of methoxy groups -OCH3 is 1. The highest BCUT2D eigenvalue weighted by molar-refractivity contribution is 5.58. The number of hydrogen-bond donors (Lipinski definition) is 2. The molecule has 1 aromatic heterocycles. The summed E-state index contributed by atoms with van der Waals surface area (Å²) in [5.74, 6) is 1.53. The average Bonchev–Trinajstić information content (AvgIpc) is 3.25. The number of aliphatic hydroxyl groups is 1. The zero-order valence-corrected chi connectivity index (χ0v) is 17.2. The lowest BCUT2D eigenvalue weighted by Gasteiger charge is -2.34. The van der Waals surface area contributed by atoms with Gasteiger partial charge in [0.1, 0.15) is 5.75 Å². The highest BCUT2D eigenvalue weighted by Crippen LogP contribution is 2.26. The lowest BCUT2D eigenvalue weighted by Crippen LogP contribution is -2.45. The molecule has 0 spiro atoms. The summed E-state index contributed by atoms with van der Waals surface area (Å²) >= 11 is 0. The minimum absolute atomic E-state index is 0.0192. The van der Waals surface area contributed by atoms with Gasteiger partial charge in [0.25, 0.3) is 0 Å². The van der Waals surface area contributed by atoms with E-state index in [2.05, 4.69) is 22.6 Å². The molecule has 1 aliphatic heterocycles. The maximum Gasteiger partial charge on any atom is 0.167 e. The lowest BCUT2D eigenvalue weighted by molar-refractivity contribution is -0.115. The second-order valence-corrected chi connectivity index (χ2v) is 7.67. The zero-order chi connectivity index (χ0) is 20.8. The van der Waals surface area contributed by atoms with Crippen molar-refractivity contribution in [3.05, 3.63) is 71.9 Å². The van der Waals surface area contributed by atoms with E-state index in [0.717, 1.165) is 42.2 Å². The van der Waals surface area contributed by atoms with Crippen LogP contribution in [0.4, 0.5) is 0 Å². The van der Waals surface area contributed by atoms with Gasteiger partial charge in [-0.3, -0.25) is 0 Å². The summed E-state index contributed by atoms with van der Waals surface area (Å²) in [4.78, 5) is 0. The molecule has 4 rings (SSSR count). The Hall–Kier alpha value is -2.67. The molecule has 3 atom stereocenters. The van der Waals surface area contributed by atoms with E-state index in [1.165, 1.54) is 5.56 Å². The van der Waals surface area contributed by atoms with Gasteiger partial charge in [-0.05, 0) is 42.7 Å². The number of aromatic nitrogens is 1. The fourth-order valence-corrected chi connectivity index (χ4v) is 3.77. The summed E-state index contributed by atoms with van der Waals surface area (Å²) in [6.45, 7) is 1.37. The first kappa shape index (κ1) is 20.6. The van der Waals surface area contributed by atoms with Crippen LogP contribution in [0.2, 0.25) is 0 Å². The normalized spacial score (nSPS) is 21.5. The van der Waals surface area contributed by atoms with Crippen LogP contribution in [-0.4, -0.2) is 42.2 Å². The Morgan fingerprint density at radius 3 is 2.67 bits per heavy atom. The Morgan fingerprint density at radius 1 is 1.10 bits per heavy atom. The molecule has 2 N–H and O–H groups in total. The van der Waals surface area contributed by atoms with E-state index >= 15 is 0 Å². The number of ether oxygens (including phenoxy) is 2. The summed E-state index contributed by atoms with van der Waals surface area (Å²) in [6, 6.07) is 19.9. The molecule has 1 saturated heterocycles. The van der Waals surface area contributed by atoms with Gasteiger partial charge in [-0.25, -0.2) is 0 Å². The van der Waals surface area contributed by atoms with Crippen molar-refractivity contribution >= 4 is 0 Å². The number of nitrogens with one attached hydrogen (secondary N) is 1. The number of rotatable bonds is 8. The minimum Gasteiger partial charge on any atom is -0.497 e. The highest BCUT2D eigenvalue weighted by Gasteiger charge is 2.30. The molecule has 0 amide bonds. The first-order chi connectivity index (χ1) is 14.7. The number of hydrogen-bond acceptors (Lipinski definition) is 6. The smallest absolute Gasteiger partial charge is 0.167 e. The maximum atomic E-state index is 10.3. The fourth-order valence-electron chi connectivity index (χ4n) is 3.77. The third kappa shape index (κ3) is 5.27. The van der Waals surface area contributed by atoms with Crippen molar-refractivity contribution in [1.29, 1.82) is 0 Å². The average molecular weight is 408 g/mol. The van der Waals surface area contributed by atoms with E-state index in [1.807, 2.05) is 48.5 Å². The van der Waals surface area contributed by atoms with Crippen molar-refractivity contribution in [1.82, 2.24) is 10.5 Å². The van der Waals surface area contributed by atoms with Gasteiger partial charge in [0, 0.05) is 31.1 Å². The molecule has 2 heterocycles. The van der Waals surface area contributed by atoms with Gasteiger partial charge >= 0.3 is 0 Å². The molecule has 6 heteroatoms. The minimum atomic E-state index is -0.448. The molecule has 3 aromatic rings. The second kappa shape index (κ2) is 9.89. The van der Waals surface area contributed by atoms with Crippen LogP contribution >= 0.6 is 0 Å². The van der Waals surface area contributed by atoms with Crippen molar-refractivity contribution in [2.45, 2.75) is 44.1 Å². The predicted octanol–water partition coefficient (Wildman–Crippen LogP) is 3.59. The van der Waals surface area contributed by atoms with Crippen LogP contribution in [0.15, 0.2) is 65.2 Å². The summed E-state index contributed by atoms with van der Waals surface area (Å²) < 4.78 is 16.9. The van der Waals surface area contributed by atoms with Crippen LogP contribution in [0.3, 0.4) is 0 Å². The summed E-state index contributed by atoms with van der Waals surface area (Å²) in [7, 11) is 1.65. The van der Waals surface area contributed by atoms with Gasteiger partial charge in [0.15, 0.2) is 5.76 Å². The number of aliphatic hydroxyl groups excluding tert-OH is 1. The fraction of sp³-hybridized carbons (Fsp3) is 0.375. The number of nitrogens with zero attached hydrogens (tertiary/aromatic N) is 1. The van der Waals surface area contributed by atoms with E-state index in [0.29, 0.717) is 13.0 Å². The van der Waals surface area contributed by atoms with Gasteiger partial charge in [-0.1, -0.05) is 35.5 Å². The summed E-state index contributed by atoms with van der Waals surface area (Å²) in [5, 5.41) is 17.9. The standard InChI is InChI=1S/C24H28N2O4/c1-28-20-9-7-18(8-10-20)23-14-19(26-30-23)13-21-11-12-22(27)24(29-21)16-25-15-17-5-3-2-4-6-17/h2-10,14,21-22,24-25,27H,11-13,15-16H2,1H3/t21-,22-,24+/m0/s1. The molecule has 0 radical (unpaired) electrons. The summed E-state index contributed by atoms with van der Waals surface area (Å²) in [6.07, 6.45) is 1.55. The van der Waals surface area contributed by atoms with Crippen LogP contribution in [0.1, 0.15) is 24.1 Å². The largest absolute Gasteiger partial charge is 0.497 e. The molecule has 158 valence electrons. The Bertz CT molecular complexity index is 910. The van der Waals surface area contributed by atoms with Gasteiger partial charge in [-0.15, -0.1) is 0 Å². The van der Waals surface area contributed by atoms with Crippen LogP contribution in [0.25, 0.3) is 11.3 Å². The van der Waals surface area contributed by atoms with Gasteiger partial charge in [0.2, 0.25) is 0 Å². The van der Waals surface area contributed by atoms with Crippen molar-refractivity contribution in [2.75, 3.05) is 13.7 Å². The molecular weight excluding hydrogens is 380 g/mol. The molecule has 0 saturated carbocycles. The molecule has 0 bridgehead atoms. The Labute approximate surface area is 176 Å². The molecular formula is C24H28N2O4. The van der Waals surface area contributed by atoms with Crippen LogP contribution in [0.5, 0.6) is 5.75 Å². The third-order valence-electron chi connectivity index (χ3n) is 5.47. The van der Waals surface area contributed by atoms with Crippen LogP contribution < -0.4 is 10.1 Å². The SMILES string of the molecule is COc1ccc(-c2cc(C[C@@H]3CC[C@H](O)[C@@H](CNCc4ccccc4)O3)no2)cc1. The van der Waals surface area contributed by atoms with Crippen molar-refractivity contribution in [3.63, 3.8) is 0 Å². The van der Waals surface area contributed by atoms with Gasteiger partial charge in [-0.2, -0.15) is 0 Å². The first-order valence-electron chi connectivity index (χ1n) is 10.4. The van der Waals surface area contributed by atoms with Crippen molar-refractivity contribution in [3.8, 4) is 17.1 Å². The third-order valence-corrected chi connectivity index (χ3v) is 5.47. The Kier molecular flexibility index (Phi) is 6.79. The first-order valence-corrected chi connectivity index (χ1v) is 10.4. The quantitative estimate of drug-likeness (QED) is 0.593. The summed E-state index contributed by atoms with van der Waals surface area (Å²) in [5.41, 5.74) is 3.03. The van der Waals surface area contributed by atoms with E-state index in [4.69, 9.17) is 14.0 Å². The maximum absolute atomic E-state index is 10.3. The second-order valence-electron chi connectivity index (χ2n) is 7.67. The highest BCUT2D eigenvalue weighted by atomic mass is 16.5. The Balaban J connectivity index is 1.30. The number of benzene rings is 2.